The first-order valence-corrected chi connectivity index (χ1v) is 9.81. The average molecular weight is 355 g/mol. The summed E-state index contributed by atoms with van der Waals surface area (Å²) in [6, 6.07) is 4.67. The number of pyridine rings is 1. The molecule has 140 valence electrons. The number of methoxy groups -OCH3 is 1. The number of aryl methyl sites for hydroxylation is 1. The molecule has 0 atom stereocenters. The summed E-state index contributed by atoms with van der Waals surface area (Å²) < 4.78 is 11.4. The Morgan fingerprint density at radius 3 is 2.73 bits per heavy atom. The SMILES string of the molecule is CCOc1cc2nc3c(c(NC4CCN(C)CC4)c2cc1OC)CCC3. The molecule has 0 spiro atoms. The Bertz CT molecular complexity index is 798. The van der Waals surface area contributed by atoms with Gasteiger partial charge in [-0.3, -0.25) is 4.98 Å². The van der Waals surface area contributed by atoms with Crippen LogP contribution in [0.25, 0.3) is 10.9 Å². The molecule has 2 aromatic rings. The molecule has 1 aliphatic heterocycles. The van der Waals surface area contributed by atoms with Crippen molar-refractivity contribution in [3.05, 3.63) is 23.4 Å². The molecule has 0 saturated carbocycles. The topological polar surface area (TPSA) is 46.6 Å². The van der Waals surface area contributed by atoms with Gasteiger partial charge in [0.1, 0.15) is 0 Å². The van der Waals surface area contributed by atoms with Gasteiger partial charge >= 0.3 is 0 Å². The van der Waals surface area contributed by atoms with Crippen molar-refractivity contribution in [2.24, 2.45) is 0 Å². The van der Waals surface area contributed by atoms with E-state index in [1.165, 1.54) is 36.2 Å². The van der Waals surface area contributed by atoms with Gasteiger partial charge in [-0.15, -0.1) is 0 Å². The Hall–Kier alpha value is -2.01. The molecule has 4 rings (SSSR count). The van der Waals surface area contributed by atoms with Gasteiger partial charge in [-0.25, -0.2) is 0 Å². The lowest BCUT2D eigenvalue weighted by atomic mass is 10.0. The third-order valence-electron chi connectivity index (χ3n) is 5.66. The minimum absolute atomic E-state index is 0.527. The number of nitrogens with one attached hydrogen (secondary N) is 1. The maximum Gasteiger partial charge on any atom is 0.163 e. The van der Waals surface area contributed by atoms with Gasteiger partial charge in [0.2, 0.25) is 0 Å². The second-order valence-electron chi connectivity index (χ2n) is 7.44. The normalized spacial score (nSPS) is 18.1. The van der Waals surface area contributed by atoms with E-state index in [0.717, 1.165) is 48.3 Å². The lowest BCUT2D eigenvalue weighted by Crippen LogP contribution is -2.37. The fourth-order valence-corrected chi connectivity index (χ4v) is 4.22. The minimum atomic E-state index is 0.527. The number of likely N-dealkylation sites (tertiary alicyclic amines) is 1. The molecule has 1 aromatic heterocycles. The van der Waals surface area contributed by atoms with Gasteiger partial charge in [0.15, 0.2) is 11.5 Å². The molecular formula is C21H29N3O2. The average Bonchev–Trinajstić information content (AvgIpc) is 3.11. The lowest BCUT2D eigenvalue weighted by molar-refractivity contribution is 0.264. The minimum Gasteiger partial charge on any atom is -0.493 e. The second-order valence-corrected chi connectivity index (χ2v) is 7.44. The molecule has 0 amide bonds. The largest absolute Gasteiger partial charge is 0.493 e. The lowest BCUT2D eigenvalue weighted by Gasteiger charge is -2.31. The van der Waals surface area contributed by atoms with Gasteiger partial charge in [-0.05, 0) is 70.8 Å². The van der Waals surface area contributed by atoms with Crippen LogP contribution in [0.1, 0.15) is 37.4 Å². The highest BCUT2D eigenvalue weighted by Gasteiger charge is 2.24. The summed E-state index contributed by atoms with van der Waals surface area (Å²) in [6.07, 6.45) is 5.74. The molecule has 0 bridgehead atoms. The Kier molecular flexibility index (Phi) is 4.90. The molecule has 5 heteroatoms. The zero-order chi connectivity index (χ0) is 18.1. The van der Waals surface area contributed by atoms with Crippen LogP contribution >= 0.6 is 0 Å². The van der Waals surface area contributed by atoms with E-state index in [1.54, 1.807) is 7.11 Å². The maximum absolute atomic E-state index is 5.77. The predicted molar refractivity (Wildman–Crippen MR) is 106 cm³/mol. The number of hydrogen-bond acceptors (Lipinski definition) is 5. The van der Waals surface area contributed by atoms with E-state index in [0.29, 0.717) is 12.6 Å². The van der Waals surface area contributed by atoms with E-state index >= 15 is 0 Å². The summed E-state index contributed by atoms with van der Waals surface area (Å²) in [6.45, 7) is 4.92. The molecule has 2 heterocycles. The number of piperidine rings is 1. The van der Waals surface area contributed by atoms with Crippen LogP contribution in [0.4, 0.5) is 5.69 Å². The highest BCUT2D eigenvalue weighted by atomic mass is 16.5. The smallest absolute Gasteiger partial charge is 0.163 e. The number of anilines is 1. The number of aromatic nitrogens is 1. The van der Waals surface area contributed by atoms with Gasteiger partial charge < -0.3 is 19.7 Å². The van der Waals surface area contributed by atoms with E-state index in [2.05, 4.69) is 23.3 Å². The van der Waals surface area contributed by atoms with E-state index in [9.17, 15) is 0 Å². The van der Waals surface area contributed by atoms with Crippen LogP contribution in [0.5, 0.6) is 11.5 Å². The van der Waals surface area contributed by atoms with Crippen molar-refractivity contribution in [1.82, 2.24) is 9.88 Å². The molecule has 1 N–H and O–H groups in total. The molecule has 0 radical (unpaired) electrons. The first-order valence-electron chi connectivity index (χ1n) is 9.81. The fraction of sp³-hybridized carbons (Fsp3) is 0.571. The molecule has 1 aliphatic carbocycles. The van der Waals surface area contributed by atoms with E-state index in [4.69, 9.17) is 14.5 Å². The number of benzene rings is 1. The van der Waals surface area contributed by atoms with Gasteiger partial charge in [0.05, 0.1) is 19.2 Å². The fourth-order valence-electron chi connectivity index (χ4n) is 4.22. The van der Waals surface area contributed by atoms with E-state index < -0.39 is 0 Å². The number of ether oxygens (including phenoxy) is 2. The molecule has 1 fully saturated rings. The maximum atomic E-state index is 5.77. The summed E-state index contributed by atoms with van der Waals surface area (Å²) in [4.78, 5) is 7.36. The third kappa shape index (κ3) is 3.20. The highest BCUT2D eigenvalue weighted by molar-refractivity contribution is 5.96. The standard InChI is InChI=1S/C21H29N3O2/c1-4-26-20-13-18-16(12-19(20)25-3)21(15-6-5-7-17(15)23-18)22-14-8-10-24(2)11-9-14/h12-14H,4-11H2,1-3H3,(H,22,23). The second kappa shape index (κ2) is 7.31. The number of hydrogen-bond donors (Lipinski definition) is 1. The van der Waals surface area contributed by atoms with Crippen LogP contribution in [-0.2, 0) is 12.8 Å². The summed E-state index contributed by atoms with van der Waals surface area (Å²) in [5.74, 6) is 1.56. The molecule has 5 nitrogen and oxygen atoms in total. The molecule has 2 aliphatic rings. The summed E-state index contributed by atoms with van der Waals surface area (Å²) in [7, 11) is 3.91. The van der Waals surface area contributed by atoms with Crippen LogP contribution in [0.15, 0.2) is 12.1 Å². The Morgan fingerprint density at radius 2 is 2.00 bits per heavy atom. The van der Waals surface area contributed by atoms with Crippen molar-refractivity contribution in [3.8, 4) is 11.5 Å². The first-order chi connectivity index (χ1) is 12.7. The number of fused-ring (bicyclic) bond motifs is 2. The van der Waals surface area contributed by atoms with Gasteiger partial charge in [0, 0.05) is 28.9 Å². The van der Waals surface area contributed by atoms with E-state index in [-0.39, 0.29) is 0 Å². The Labute approximate surface area is 155 Å². The van der Waals surface area contributed by atoms with Crippen LogP contribution < -0.4 is 14.8 Å². The van der Waals surface area contributed by atoms with Gasteiger partial charge in [-0.2, -0.15) is 0 Å². The zero-order valence-electron chi connectivity index (χ0n) is 16.1. The quantitative estimate of drug-likeness (QED) is 0.887. The molecular weight excluding hydrogens is 326 g/mol. The Morgan fingerprint density at radius 1 is 1.19 bits per heavy atom. The number of rotatable bonds is 5. The van der Waals surface area contributed by atoms with Crippen LogP contribution in [0.2, 0.25) is 0 Å². The van der Waals surface area contributed by atoms with Crippen molar-refractivity contribution >= 4 is 16.6 Å². The molecule has 26 heavy (non-hydrogen) atoms. The van der Waals surface area contributed by atoms with Crippen molar-refractivity contribution < 1.29 is 9.47 Å². The number of nitrogens with zero attached hydrogens (tertiary/aromatic N) is 2. The van der Waals surface area contributed by atoms with Gasteiger partial charge in [-0.1, -0.05) is 0 Å². The Balaban J connectivity index is 1.78. The van der Waals surface area contributed by atoms with Crippen LogP contribution in [0.3, 0.4) is 0 Å². The molecule has 1 saturated heterocycles. The van der Waals surface area contributed by atoms with Crippen molar-refractivity contribution in [3.63, 3.8) is 0 Å². The monoisotopic (exact) mass is 355 g/mol. The first kappa shape index (κ1) is 17.4. The van der Waals surface area contributed by atoms with Crippen molar-refractivity contribution in [2.45, 2.75) is 45.1 Å². The van der Waals surface area contributed by atoms with E-state index in [1.807, 2.05) is 13.0 Å². The predicted octanol–water partition coefficient (Wildman–Crippen LogP) is 3.64. The summed E-state index contributed by atoms with van der Waals surface area (Å²) in [5, 5.41) is 5.04. The molecule has 1 aromatic carbocycles. The van der Waals surface area contributed by atoms with Crippen molar-refractivity contribution in [2.75, 3.05) is 39.2 Å². The van der Waals surface area contributed by atoms with Crippen molar-refractivity contribution in [1.29, 1.82) is 0 Å². The molecule has 0 unspecified atom stereocenters. The zero-order valence-corrected chi connectivity index (χ0v) is 16.1. The van der Waals surface area contributed by atoms with Crippen LogP contribution in [-0.4, -0.2) is 49.8 Å². The van der Waals surface area contributed by atoms with Gasteiger partial charge in [0.25, 0.3) is 0 Å². The van der Waals surface area contributed by atoms with Crippen LogP contribution in [0, 0.1) is 0 Å². The third-order valence-corrected chi connectivity index (χ3v) is 5.66. The highest BCUT2D eigenvalue weighted by Crippen LogP contribution is 2.40. The summed E-state index contributed by atoms with van der Waals surface area (Å²) >= 11 is 0. The summed E-state index contributed by atoms with van der Waals surface area (Å²) in [5.41, 5.74) is 4.94.